The van der Waals surface area contributed by atoms with Crippen LogP contribution in [0.5, 0.6) is 0 Å². The van der Waals surface area contributed by atoms with E-state index in [1.807, 2.05) is 22.9 Å². The van der Waals surface area contributed by atoms with Crippen LogP contribution in [0, 0.1) is 5.82 Å². The molecule has 9 heteroatoms. The number of piperazine rings is 1. The molecule has 0 radical (unpaired) electrons. The molecule has 166 valence electrons. The number of fused-ring (bicyclic) bond motifs is 1. The number of rotatable bonds is 4. The highest BCUT2D eigenvalue weighted by Gasteiger charge is 2.33. The van der Waals surface area contributed by atoms with E-state index in [4.69, 9.17) is 4.98 Å². The minimum Gasteiger partial charge on any atom is -0.345 e. The van der Waals surface area contributed by atoms with Gasteiger partial charge in [-0.25, -0.2) is 14.1 Å². The van der Waals surface area contributed by atoms with Crippen LogP contribution in [0.1, 0.15) is 38.2 Å². The average Bonchev–Trinajstić information content (AvgIpc) is 3.43. The van der Waals surface area contributed by atoms with Crippen molar-refractivity contribution in [1.82, 2.24) is 30.1 Å². The number of hydrogen-bond acceptors (Lipinski definition) is 7. The van der Waals surface area contributed by atoms with Gasteiger partial charge in [-0.2, -0.15) is 0 Å². The molecule has 1 fully saturated rings. The van der Waals surface area contributed by atoms with Crippen molar-refractivity contribution in [3.05, 3.63) is 65.7 Å². The number of anilines is 1. The quantitative estimate of drug-likeness (QED) is 0.466. The number of para-hydroxylation sites is 1. The van der Waals surface area contributed by atoms with Crippen LogP contribution in [0.15, 0.2) is 48.5 Å². The molecule has 0 bridgehead atoms. The number of hydrogen-bond donors (Lipinski definition) is 0. The van der Waals surface area contributed by atoms with Crippen LogP contribution in [-0.4, -0.2) is 56.3 Å². The van der Waals surface area contributed by atoms with Crippen LogP contribution >= 0.6 is 11.3 Å². The SMILES string of the molecule is CC(C)(C)n1nnnc1[C@H](c1ccc(F)cc1)N1CCN(c2nc3ccccc3s2)CC1. The van der Waals surface area contributed by atoms with E-state index < -0.39 is 0 Å². The van der Waals surface area contributed by atoms with E-state index in [0.717, 1.165) is 48.2 Å². The maximum absolute atomic E-state index is 13.7. The van der Waals surface area contributed by atoms with Crippen molar-refractivity contribution >= 4 is 26.7 Å². The summed E-state index contributed by atoms with van der Waals surface area (Å²) in [6.45, 7) is 9.62. The van der Waals surface area contributed by atoms with E-state index in [9.17, 15) is 4.39 Å². The first kappa shape index (κ1) is 21.0. The lowest BCUT2D eigenvalue weighted by Crippen LogP contribution is -2.48. The van der Waals surface area contributed by atoms with Gasteiger partial charge in [0.2, 0.25) is 0 Å². The van der Waals surface area contributed by atoms with E-state index in [0.29, 0.717) is 0 Å². The topological polar surface area (TPSA) is 63.0 Å². The molecule has 2 aromatic carbocycles. The molecule has 3 heterocycles. The van der Waals surface area contributed by atoms with Gasteiger partial charge >= 0.3 is 0 Å². The third-order valence-corrected chi connectivity index (χ3v) is 6.89. The molecular formula is C23H26FN7S. The Morgan fingerprint density at radius 1 is 0.969 bits per heavy atom. The average molecular weight is 452 g/mol. The molecule has 5 rings (SSSR count). The summed E-state index contributed by atoms with van der Waals surface area (Å²) in [5.41, 5.74) is 1.77. The summed E-state index contributed by atoms with van der Waals surface area (Å²) in [6.07, 6.45) is 0. The van der Waals surface area contributed by atoms with Crippen molar-refractivity contribution < 1.29 is 4.39 Å². The molecule has 1 atom stereocenters. The van der Waals surface area contributed by atoms with Crippen molar-refractivity contribution in [2.24, 2.45) is 0 Å². The molecule has 1 aliphatic rings. The second-order valence-corrected chi connectivity index (χ2v) is 10.1. The zero-order valence-electron chi connectivity index (χ0n) is 18.4. The molecule has 0 N–H and O–H groups in total. The fourth-order valence-corrected chi connectivity index (χ4v) is 5.19. The van der Waals surface area contributed by atoms with E-state index in [-0.39, 0.29) is 17.4 Å². The van der Waals surface area contributed by atoms with Crippen LogP contribution in [0.3, 0.4) is 0 Å². The predicted octanol–water partition coefficient (Wildman–Crippen LogP) is 4.09. The largest absolute Gasteiger partial charge is 0.345 e. The zero-order valence-corrected chi connectivity index (χ0v) is 19.3. The fraction of sp³-hybridized carbons (Fsp3) is 0.391. The summed E-state index contributed by atoms with van der Waals surface area (Å²) in [5, 5.41) is 13.7. The number of nitrogens with zero attached hydrogens (tertiary/aromatic N) is 7. The molecule has 4 aromatic rings. The van der Waals surface area contributed by atoms with Crippen LogP contribution in [0.4, 0.5) is 9.52 Å². The Balaban J connectivity index is 1.43. The van der Waals surface area contributed by atoms with Gasteiger partial charge in [0, 0.05) is 26.2 Å². The standard InChI is InChI=1S/C23H26FN7S/c1-23(2,3)31-21(26-27-28-31)20(16-8-10-17(24)11-9-16)29-12-14-30(15-13-29)22-25-18-6-4-5-7-19(18)32-22/h4-11,20H,12-15H2,1-3H3/t20-/m0/s1. The first-order valence-electron chi connectivity index (χ1n) is 10.8. The van der Waals surface area contributed by atoms with Crippen molar-refractivity contribution in [1.29, 1.82) is 0 Å². The van der Waals surface area contributed by atoms with Gasteiger partial charge < -0.3 is 4.90 Å². The minimum absolute atomic E-state index is 0.151. The number of aromatic nitrogens is 5. The Labute approximate surface area is 190 Å². The molecule has 0 amide bonds. The molecule has 7 nitrogen and oxygen atoms in total. The van der Waals surface area contributed by atoms with Crippen LogP contribution in [0.25, 0.3) is 10.2 Å². The molecule has 0 spiro atoms. The van der Waals surface area contributed by atoms with Crippen molar-refractivity contribution in [3.8, 4) is 0 Å². The predicted molar refractivity (Wildman–Crippen MR) is 124 cm³/mol. The van der Waals surface area contributed by atoms with Gasteiger partial charge in [-0.3, -0.25) is 4.90 Å². The second kappa shape index (κ2) is 8.22. The first-order valence-corrected chi connectivity index (χ1v) is 11.6. The Morgan fingerprint density at radius 3 is 2.38 bits per heavy atom. The molecular weight excluding hydrogens is 425 g/mol. The molecule has 2 aromatic heterocycles. The second-order valence-electron chi connectivity index (χ2n) is 9.06. The summed E-state index contributed by atoms with van der Waals surface area (Å²) in [4.78, 5) is 9.54. The maximum atomic E-state index is 13.7. The minimum atomic E-state index is -0.264. The Morgan fingerprint density at radius 2 is 1.69 bits per heavy atom. The maximum Gasteiger partial charge on any atom is 0.186 e. The number of benzene rings is 2. The molecule has 1 saturated heterocycles. The normalized spacial score (nSPS) is 16.6. The smallest absolute Gasteiger partial charge is 0.186 e. The van der Waals surface area contributed by atoms with Crippen LogP contribution < -0.4 is 4.90 Å². The van der Waals surface area contributed by atoms with Crippen LogP contribution in [-0.2, 0) is 5.54 Å². The Kier molecular flexibility index (Phi) is 5.38. The molecule has 32 heavy (non-hydrogen) atoms. The Bertz CT molecular complexity index is 1170. The highest BCUT2D eigenvalue weighted by atomic mass is 32.1. The third-order valence-electron chi connectivity index (χ3n) is 5.79. The summed E-state index contributed by atoms with van der Waals surface area (Å²) < 4.78 is 16.7. The highest BCUT2D eigenvalue weighted by Crippen LogP contribution is 2.33. The van der Waals surface area contributed by atoms with Crippen LogP contribution in [0.2, 0.25) is 0 Å². The van der Waals surface area contributed by atoms with Crippen molar-refractivity contribution in [2.75, 3.05) is 31.1 Å². The van der Waals surface area contributed by atoms with E-state index in [2.05, 4.69) is 64.3 Å². The molecule has 0 unspecified atom stereocenters. The fourth-order valence-electron chi connectivity index (χ4n) is 4.18. The lowest BCUT2D eigenvalue weighted by Gasteiger charge is -2.39. The number of halogens is 1. The lowest BCUT2D eigenvalue weighted by molar-refractivity contribution is 0.191. The van der Waals surface area contributed by atoms with E-state index in [1.54, 1.807) is 11.3 Å². The van der Waals surface area contributed by atoms with Gasteiger partial charge in [0.05, 0.1) is 21.8 Å². The van der Waals surface area contributed by atoms with Gasteiger partial charge in [-0.1, -0.05) is 35.6 Å². The third kappa shape index (κ3) is 3.98. The molecule has 0 saturated carbocycles. The van der Waals surface area contributed by atoms with Gasteiger partial charge in [0.15, 0.2) is 11.0 Å². The van der Waals surface area contributed by atoms with E-state index in [1.165, 1.54) is 16.8 Å². The summed E-state index contributed by atoms with van der Waals surface area (Å²) >= 11 is 1.73. The highest BCUT2D eigenvalue weighted by molar-refractivity contribution is 7.22. The van der Waals surface area contributed by atoms with E-state index >= 15 is 0 Å². The summed E-state index contributed by atoms with van der Waals surface area (Å²) in [6, 6.07) is 14.8. The van der Waals surface area contributed by atoms with Gasteiger partial charge in [-0.05, 0) is 61.0 Å². The Hall–Kier alpha value is -2.91. The van der Waals surface area contributed by atoms with Crippen molar-refractivity contribution in [2.45, 2.75) is 32.4 Å². The van der Waals surface area contributed by atoms with Gasteiger partial charge in [-0.15, -0.1) is 5.10 Å². The first-order chi connectivity index (χ1) is 15.4. The zero-order chi connectivity index (χ0) is 22.3. The number of tetrazole rings is 1. The molecule has 1 aliphatic heterocycles. The summed E-state index contributed by atoms with van der Waals surface area (Å²) in [7, 11) is 0. The molecule has 0 aliphatic carbocycles. The van der Waals surface area contributed by atoms with Gasteiger partial charge in [0.25, 0.3) is 0 Å². The van der Waals surface area contributed by atoms with Gasteiger partial charge in [0.1, 0.15) is 5.82 Å². The summed E-state index contributed by atoms with van der Waals surface area (Å²) in [5.74, 6) is 0.529. The lowest BCUT2D eigenvalue weighted by atomic mass is 10.0. The number of thiazole rings is 1. The van der Waals surface area contributed by atoms with Crippen molar-refractivity contribution in [3.63, 3.8) is 0 Å². The monoisotopic (exact) mass is 451 g/mol.